The molecule has 0 saturated carbocycles. The van der Waals surface area contributed by atoms with Gasteiger partial charge in [-0.3, -0.25) is 0 Å². The van der Waals surface area contributed by atoms with E-state index in [4.69, 9.17) is 17.3 Å². The van der Waals surface area contributed by atoms with Crippen molar-refractivity contribution < 1.29 is 0 Å². The van der Waals surface area contributed by atoms with Gasteiger partial charge in [-0.25, -0.2) is 9.50 Å². The van der Waals surface area contributed by atoms with E-state index in [1.54, 1.807) is 16.8 Å². The molecule has 0 bridgehead atoms. The summed E-state index contributed by atoms with van der Waals surface area (Å²) in [6.07, 6.45) is 2.48. The fraction of sp³-hybridized carbons (Fsp3) is 0.250. The molecule has 2 rings (SSSR count). The number of anilines is 1. The van der Waals surface area contributed by atoms with E-state index in [-0.39, 0.29) is 0 Å². The third kappa shape index (κ3) is 1.33. The van der Waals surface area contributed by atoms with Gasteiger partial charge in [0.25, 0.3) is 0 Å². The minimum atomic E-state index is 0.515. The van der Waals surface area contributed by atoms with E-state index in [1.807, 2.05) is 6.92 Å². The van der Waals surface area contributed by atoms with Crippen molar-refractivity contribution in [1.29, 1.82) is 0 Å². The molecule has 0 aliphatic carbocycles. The van der Waals surface area contributed by atoms with Gasteiger partial charge in [-0.05, 0) is 0 Å². The molecule has 68 valence electrons. The number of nitrogens with two attached hydrogens (primary N) is 1. The van der Waals surface area contributed by atoms with Crippen molar-refractivity contribution in [2.24, 2.45) is 0 Å². The van der Waals surface area contributed by atoms with E-state index in [9.17, 15) is 0 Å². The summed E-state index contributed by atoms with van der Waals surface area (Å²) in [5.74, 6) is 0.793. The van der Waals surface area contributed by atoms with Crippen LogP contribution in [-0.2, 0) is 6.42 Å². The number of aryl methyl sites for hydroxylation is 1. The van der Waals surface area contributed by atoms with Crippen LogP contribution >= 0.6 is 11.6 Å². The number of nitrogens with zero attached hydrogens (tertiary/aromatic N) is 3. The Bertz CT molecular complexity index is 410. The summed E-state index contributed by atoms with van der Waals surface area (Å²) in [5, 5.41) is 4.72. The molecule has 2 N–H and O–H groups in total. The van der Waals surface area contributed by atoms with Crippen LogP contribution in [0, 0.1) is 0 Å². The maximum absolute atomic E-state index is 5.83. The summed E-state index contributed by atoms with van der Waals surface area (Å²) >= 11 is 5.83. The maximum Gasteiger partial charge on any atom is 0.157 e. The second-order valence-electron chi connectivity index (χ2n) is 2.76. The minimum absolute atomic E-state index is 0.515. The van der Waals surface area contributed by atoms with Crippen LogP contribution in [0.2, 0.25) is 5.02 Å². The molecular weight excluding hydrogens is 188 g/mol. The van der Waals surface area contributed by atoms with E-state index in [0.29, 0.717) is 10.7 Å². The third-order valence-electron chi connectivity index (χ3n) is 1.81. The number of hydrogen-bond donors (Lipinski definition) is 1. The van der Waals surface area contributed by atoms with E-state index < -0.39 is 0 Å². The second kappa shape index (κ2) is 2.88. The fourth-order valence-electron chi connectivity index (χ4n) is 1.11. The second-order valence-corrected chi connectivity index (χ2v) is 3.17. The zero-order chi connectivity index (χ0) is 9.42. The molecule has 0 saturated heterocycles. The normalized spacial score (nSPS) is 10.9. The Hall–Kier alpha value is -1.29. The monoisotopic (exact) mass is 196 g/mol. The Balaban J connectivity index is 2.70. The van der Waals surface area contributed by atoms with Gasteiger partial charge in [0.2, 0.25) is 0 Å². The quantitative estimate of drug-likeness (QED) is 0.753. The third-order valence-corrected chi connectivity index (χ3v) is 2.14. The van der Waals surface area contributed by atoms with Crippen LogP contribution < -0.4 is 5.73 Å². The molecule has 5 heteroatoms. The zero-order valence-electron chi connectivity index (χ0n) is 7.16. The van der Waals surface area contributed by atoms with Crippen LogP contribution in [0.4, 0.5) is 5.69 Å². The topological polar surface area (TPSA) is 56.2 Å². The largest absolute Gasteiger partial charge is 0.396 e. The van der Waals surface area contributed by atoms with Gasteiger partial charge in [0.1, 0.15) is 0 Å². The first-order valence-corrected chi connectivity index (χ1v) is 4.38. The number of fused-ring (bicyclic) bond motifs is 1. The Labute approximate surface area is 80.3 Å². The Morgan fingerprint density at radius 3 is 3.08 bits per heavy atom. The van der Waals surface area contributed by atoms with Gasteiger partial charge in [-0.15, -0.1) is 0 Å². The summed E-state index contributed by atoms with van der Waals surface area (Å²) in [7, 11) is 0. The van der Waals surface area contributed by atoms with Crippen LogP contribution in [0.3, 0.4) is 0 Å². The highest BCUT2D eigenvalue weighted by atomic mass is 35.5. The number of pyridine rings is 1. The molecule has 0 aliphatic heterocycles. The van der Waals surface area contributed by atoms with Crippen molar-refractivity contribution in [3.63, 3.8) is 0 Å². The molecule has 4 nitrogen and oxygen atoms in total. The molecule has 0 amide bonds. The number of aromatic nitrogens is 3. The van der Waals surface area contributed by atoms with E-state index in [1.165, 1.54) is 0 Å². The number of hydrogen-bond acceptors (Lipinski definition) is 3. The highest BCUT2D eigenvalue weighted by molar-refractivity contribution is 6.33. The molecule has 0 radical (unpaired) electrons. The predicted octanol–water partition coefficient (Wildman–Crippen LogP) is 1.53. The molecule has 13 heavy (non-hydrogen) atoms. The highest BCUT2D eigenvalue weighted by Gasteiger charge is 2.04. The summed E-state index contributed by atoms with van der Waals surface area (Å²) in [5.41, 5.74) is 6.86. The van der Waals surface area contributed by atoms with Crippen LogP contribution in [-0.4, -0.2) is 14.6 Å². The van der Waals surface area contributed by atoms with Crippen LogP contribution in [0.1, 0.15) is 12.7 Å². The van der Waals surface area contributed by atoms with Gasteiger partial charge in [-0.1, -0.05) is 18.5 Å². The van der Waals surface area contributed by atoms with E-state index in [2.05, 4.69) is 10.1 Å². The Morgan fingerprint density at radius 2 is 2.38 bits per heavy atom. The lowest BCUT2D eigenvalue weighted by Gasteiger charge is -1.96. The van der Waals surface area contributed by atoms with Crippen molar-refractivity contribution in [2.45, 2.75) is 13.3 Å². The first-order chi connectivity index (χ1) is 6.20. The van der Waals surface area contributed by atoms with Gasteiger partial charge in [0, 0.05) is 12.5 Å². The summed E-state index contributed by atoms with van der Waals surface area (Å²) in [4.78, 5) is 4.24. The summed E-state index contributed by atoms with van der Waals surface area (Å²) < 4.78 is 1.64. The molecule has 2 aromatic heterocycles. The first kappa shape index (κ1) is 8.31. The Kier molecular flexibility index (Phi) is 1.84. The smallest absolute Gasteiger partial charge is 0.157 e. The van der Waals surface area contributed by atoms with Crippen molar-refractivity contribution in [3.8, 4) is 0 Å². The first-order valence-electron chi connectivity index (χ1n) is 4.01. The molecule has 2 heterocycles. The minimum Gasteiger partial charge on any atom is -0.396 e. The summed E-state index contributed by atoms with van der Waals surface area (Å²) in [6.45, 7) is 2.00. The molecule has 0 unspecified atom stereocenters. The van der Waals surface area contributed by atoms with Gasteiger partial charge in [0.05, 0.1) is 16.9 Å². The molecule has 2 aromatic rings. The van der Waals surface area contributed by atoms with Gasteiger partial charge in [-0.2, -0.15) is 5.10 Å². The lowest BCUT2D eigenvalue weighted by atomic mass is 10.4. The summed E-state index contributed by atoms with van der Waals surface area (Å²) in [6, 6.07) is 1.71. The van der Waals surface area contributed by atoms with Crippen LogP contribution in [0.15, 0.2) is 12.3 Å². The number of nitrogen functional groups attached to an aromatic ring is 1. The Morgan fingerprint density at radius 1 is 1.62 bits per heavy atom. The zero-order valence-corrected chi connectivity index (χ0v) is 7.91. The van der Waals surface area contributed by atoms with Gasteiger partial charge < -0.3 is 5.73 Å². The average Bonchev–Trinajstić information content (AvgIpc) is 2.48. The van der Waals surface area contributed by atoms with Crippen molar-refractivity contribution >= 4 is 22.9 Å². The molecule has 0 spiro atoms. The van der Waals surface area contributed by atoms with Gasteiger partial charge >= 0.3 is 0 Å². The van der Waals surface area contributed by atoms with Crippen LogP contribution in [0.5, 0.6) is 0 Å². The fourth-order valence-corrected chi connectivity index (χ4v) is 1.26. The van der Waals surface area contributed by atoms with E-state index >= 15 is 0 Å². The number of halogens is 1. The van der Waals surface area contributed by atoms with E-state index in [0.717, 1.165) is 17.9 Å². The van der Waals surface area contributed by atoms with Crippen molar-refractivity contribution in [3.05, 3.63) is 23.1 Å². The lowest BCUT2D eigenvalue weighted by molar-refractivity contribution is 0.887. The van der Waals surface area contributed by atoms with Crippen molar-refractivity contribution in [1.82, 2.24) is 14.6 Å². The lowest BCUT2D eigenvalue weighted by Crippen LogP contribution is -1.93. The van der Waals surface area contributed by atoms with Crippen LogP contribution in [0.25, 0.3) is 5.65 Å². The number of rotatable bonds is 1. The molecule has 0 fully saturated rings. The standard InChI is InChI=1S/C8H9ClN4/c1-2-7-11-8-3-5(9)6(10)4-13(8)12-7/h3-4H,2,10H2,1H3. The predicted molar refractivity (Wildman–Crippen MR) is 51.8 cm³/mol. The maximum atomic E-state index is 5.83. The molecule has 0 aromatic carbocycles. The molecular formula is C8H9ClN4. The van der Waals surface area contributed by atoms with Crippen molar-refractivity contribution in [2.75, 3.05) is 5.73 Å². The van der Waals surface area contributed by atoms with Gasteiger partial charge in [0.15, 0.2) is 11.5 Å². The SMILES string of the molecule is CCc1nc2cc(Cl)c(N)cn2n1. The highest BCUT2D eigenvalue weighted by Crippen LogP contribution is 2.19. The molecule has 0 aliphatic rings. The average molecular weight is 197 g/mol. The molecule has 0 atom stereocenters.